The maximum Gasteiger partial charge on any atom is 0.143 e. The van der Waals surface area contributed by atoms with Crippen molar-refractivity contribution in [1.29, 1.82) is 0 Å². The van der Waals surface area contributed by atoms with Crippen molar-refractivity contribution in [3.05, 3.63) is 84.0 Å². The van der Waals surface area contributed by atoms with Gasteiger partial charge in [-0.15, -0.1) is 0 Å². The number of imidazole rings is 1. The van der Waals surface area contributed by atoms with Crippen LogP contribution in [0.1, 0.15) is 0 Å². The molecule has 0 amide bonds. The van der Waals surface area contributed by atoms with Crippen molar-refractivity contribution in [3.63, 3.8) is 0 Å². The monoisotopic (exact) mass is 319 g/mol. The number of aromatic nitrogens is 2. The Balaban J connectivity index is 1.87. The number of hydrogen-bond acceptors (Lipinski definition) is 2. The fourth-order valence-electron chi connectivity index (χ4n) is 2.58. The Hall–Kier alpha value is -2.78. The zero-order chi connectivity index (χ0) is 15.6. The van der Waals surface area contributed by atoms with E-state index >= 15 is 0 Å². The second kappa shape index (κ2) is 5.78. The quantitative estimate of drug-likeness (QED) is 0.548. The third-order valence-corrected chi connectivity index (χ3v) is 3.94. The predicted octanol–water partition coefficient (Wildman–Crippen LogP) is 5.40. The van der Waals surface area contributed by atoms with Crippen LogP contribution in [0, 0.1) is 0 Å². The van der Waals surface area contributed by atoms with Crippen LogP contribution in [0.4, 0.5) is 11.5 Å². The summed E-state index contributed by atoms with van der Waals surface area (Å²) in [7, 11) is 0. The predicted molar refractivity (Wildman–Crippen MR) is 95.4 cm³/mol. The van der Waals surface area contributed by atoms with Crippen LogP contribution in [0.2, 0.25) is 5.02 Å². The highest BCUT2D eigenvalue weighted by molar-refractivity contribution is 6.30. The summed E-state index contributed by atoms with van der Waals surface area (Å²) < 4.78 is 2.05. The third-order valence-electron chi connectivity index (χ3n) is 3.68. The molecule has 0 atom stereocenters. The van der Waals surface area contributed by atoms with Gasteiger partial charge in [0.2, 0.25) is 0 Å². The summed E-state index contributed by atoms with van der Waals surface area (Å²) >= 11 is 5.97. The van der Waals surface area contributed by atoms with Crippen molar-refractivity contribution < 1.29 is 0 Å². The van der Waals surface area contributed by atoms with Crippen LogP contribution < -0.4 is 5.32 Å². The minimum atomic E-state index is 0.719. The molecule has 2 aromatic carbocycles. The number of fused-ring (bicyclic) bond motifs is 1. The van der Waals surface area contributed by atoms with Crippen molar-refractivity contribution in [3.8, 4) is 11.3 Å². The Morgan fingerprint density at radius 2 is 1.57 bits per heavy atom. The van der Waals surface area contributed by atoms with Gasteiger partial charge in [-0.2, -0.15) is 0 Å². The fourth-order valence-corrected chi connectivity index (χ4v) is 2.71. The van der Waals surface area contributed by atoms with Gasteiger partial charge in [0.15, 0.2) is 0 Å². The first-order chi connectivity index (χ1) is 11.3. The minimum absolute atomic E-state index is 0.719. The number of anilines is 2. The van der Waals surface area contributed by atoms with Gasteiger partial charge in [0.1, 0.15) is 17.2 Å². The van der Waals surface area contributed by atoms with Crippen LogP contribution in [0.25, 0.3) is 16.9 Å². The van der Waals surface area contributed by atoms with E-state index in [-0.39, 0.29) is 0 Å². The molecule has 3 nitrogen and oxygen atoms in total. The highest BCUT2D eigenvalue weighted by Crippen LogP contribution is 2.31. The molecule has 0 saturated carbocycles. The van der Waals surface area contributed by atoms with Crippen LogP contribution in [-0.4, -0.2) is 9.38 Å². The zero-order valence-electron chi connectivity index (χ0n) is 12.3. The zero-order valence-corrected chi connectivity index (χ0v) is 13.0. The molecular weight excluding hydrogens is 306 g/mol. The second-order valence-corrected chi connectivity index (χ2v) is 5.67. The molecule has 0 aliphatic rings. The summed E-state index contributed by atoms with van der Waals surface area (Å²) in [6, 6.07) is 23.8. The van der Waals surface area contributed by atoms with Gasteiger partial charge in [-0.3, -0.25) is 4.40 Å². The smallest absolute Gasteiger partial charge is 0.143 e. The molecular formula is C19H14ClN3. The molecule has 0 aliphatic carbocycles. The SMILES string of the molecule is Clc1ccc(Nc2c(-c3ccccc3)nc3ccccn23)cc1. The van der Waals surface area contributed by atoms with E-state index in [9.17, 15) is 0 Å². The van der Waals surface area contributed by atoms with Crippen LogP contribution in [0.15, 0.2) is 79.0 Å². The van der Waals surface area contributed by atoms with Gasteiger partial charge in [-0.1, -0.05) is 48.0 Å². The first-order valence-electron chi connectivity index (χ1n) is 7.36. The lowest BCUT2D eigenvalue weighted by Crippen LogP contribution is -1.96. The van der Waals surface area contributed by atoms with E-state index in [0.717, 1.165) is 33.4 Å². The van der Waals surface area contributed by atoms with Crippen LogP contribution in [-0.2, 0) is 0 Å². The molecule has 0 aliphatic heterocycles. The number of nitrogens with zero attached hydrogens (tertiary/aromatic N) is 2. The summed E-state index contributed by atoms with van der Waals surface area (Å²) in [5.41, 5.74) is 3.87. The van der Waals surface area contributed by atoms with Gasteiger partial charge < -0.3 is 5.32 Å². The Bertz CT molecular complexity index is 943. The van der Waals surface area contributed by atoms with Gasteiger partial charge in [-0.25, -0.2) is 4.98 Å². The van der Waals surface area contributed by atoms with Crippen molar-refractivity contribution in [1.82, 2.24) is 9.38 Å². The summed E-state index contributed by atoms with van der Waals surface area (Å²) in [6.07, 6.45) is 2.01. The van der Waals surface area contributed by atoms with E-state index in [0.29, 0.717) is 0 Å². The lowest BCUT2D eigenvalue weighted by molar-refractivity contribution is 1.18. The highest BCUT2D eigenvalue weighted by Gasteiger charge is 2.13. The van der Waals surface area contributed by atoms with Crippen molar-refractivity contribution >= 4 is 28.8 Å². The third kappa shape index (κ3) is 2.67. The summed E-state index contributed by atoms with van der Waals surface area (Å²) in [6.45, 7) is 0. The Kier molecular flexibility index (Phi) is 3.48. The van der Waals surface area contributed by atoms with Crippen LogP contribution >= 0.6 is 11.6 Å². The van der Waals surface area contributed by atoms with E-state index < -0.39 is 0 Å². The molecule has 2 aromatic heterocycles. The summed E-state index contributed by atoms with van der Waals surface area (Å²) in [4.78, 5) is 4.77. The molecule has 4 rings (SSSR count). The summed E-state index contributed by atoms with van der Waals surface area (Å²) in [5, 5.41) is 4.18. The lowest BCUT2D eigenvalue weighted by atomic mass is 10.1. The normalized spacial score (nSPS) is 10.8. The largest absolute Gasteiger partial charge is 0.339 e. The molecule has 0 spiro atoms. The fraction of sp³-hybridized carbons (Fsp3) is 0. The molecule has 0 saturated heterocycles. The first-order valence-corrected chi connectivity index (χ1v) is 7.74. The van der Waals surface area contributed by atoms with Gasteiger partial charge in [0.05, 0.1) is 0 Å². The van der Waals surface area contributed by atoms with E-state index in [4.69, 9.17) is 16.6 Å². The average Bonchev–Trinajstić information content (AvgIpc) is 2.96. The molecule has 1 N–H and O–H groups in total. The second-order valence-electron chi connectivity index (χ2n) is 5.24. The van der Waals surface area contributed by atoms with E-state index in [1.807, 2.05) is 66.9 Å². The first kappa shape index (κ1) is 13.9. The van der Waals surface area contributed by atoms with Crippen LogP contribution in [0.3, 0.4) is 0 Å². The Morgan fingerprint density at radius 3 is 2.35 bits per heavy atom. The van der Waals surface area contributed by atoms with Gasteiger partial charge in [0, 0.05) is 22.5 Å². The molecule has 0 fully saturated rings. The highest BCUT2D eigenvalue weighted by atomic mass is 35.5. The van der Waals surface area contributed by atoms with Crippen molar-refractivity contribution in [2.45, 2.75) is 0 Å². The number of nitrogens with one attached hydrogen (secondary N) is 1. The Labute approximate surface area is 139 Å². The molecule has 0 radical (unpaired) electrons. The molecule has 4 aromatic rings. The number of hydrogen-bond donors (Lipinski definition) is 1. The van der Waals surface area contributed by atoms with E-state index in [2.05, 4.69) is 21.9 Å². The minimum Gasteiger partial charge on any atom is -0.339 e. The van der Waals surface area contributed by atoms with Crippen LogP contribution in [0.5, 0.6) is 0 Å². The topological polar surface area (TPSA) is 29.3 Å². The standard InChI is InChI=1S/C19H14ClN3/c20-15-9-11-16(12-10-15)21-19-18(14-6-2-1-3-7-14)22-17-8-4-5-13-23(17)19/h1-13,21H. The summed E-state index contributed by atoms with van der Waals surface area (Å²) in [5.74, 6) is 0.939. The molecule has 4 heteroatoms. The number of halogens is 1. The molecule has 2 heterocycles. The maximum atomic E-state index is 5.97. The number of pyridine rings is 1. The Morgan fingerprint density at radius 1 is 0.826 bits per heavy atom. The molecule has 23 heavy (non-hydrogen) atoms. The molecule has 0 bridgehead atoms. The lowest BCUT2D eigenvalue weighted by Gasteiger charge is -2.09. The maximum absolute atomic E-state index is 5.97. The van der Waals surface area contributed by atoms with E-state index in [1.165, 1.54) is 0 Å². The number of benzene rings is 2. The number of rotatable bonds is 3. The average molecular weight is 320 g/mol. The van der Waals surface area contributed by atoms with Crippen molar-refractivity contribution in [2.75, 3.05) is 5.32 Å². The molecule has 112 valence electrons. The molecule has 0 unspecified atom stereocenters. The van der Waals surface area contributed by atoms with E-state index in [1.54, 1.807) is 0 Å². The van der Waals surface area contributed by atoms with Gasteiger partial charge >= 0.3 is 0 Å². The van der Waals surface area contributed by atoms with Gasteiger partial charge in [-0.05, 0) is 36.4 Å². The van der Waals surface area contributed by atoms with Crippen molar-refractivity contribution in [2.24, 2.45) is 0 Å². The van der Waals surface area contributed by atoms with Gasteiger partial charge in [0.25, 0.3) is 0 Å².